The predicted molar refractivity (Wildman–Crippen MR) is 159 cm³/mol. The maximum absolute atomic E-state index is 12.7. The molecule has 0 aromatic carbocycles. The van der Waals surface area contributed by atoms with E-state index in [1.165, 1.54) is 11.0 Å². The Balaban J connectivity index is 1.78. The monoisotopic (exact) mass is 589 g/mol. The third kappa shape index (κ3) is 7.15. The molecule has 218 valence electrons. The van der Waals surface area contributed by atoms with Crippen molar-refractivity contribution in [2.45, 2.75) is 20.1 Å². The highest BCUT2D eigenvalue weighted by atomic mass is 31.2. The first-order chi connectivity index (χ1) is 20.0. The van der Waals surface area contributed by atoms with Crippen molar-refractivity contribution < 1.29 is 23.3 Å². The topological polar surface area (TPSA) is 147 Å². The second-order valence-electron chi connectivity index (χ2n) is 9.67. The van der Waals surface area contributed by atoms with Crippen LogP contribution in [0.4, 0.5) is 5.69 Å². The highest BCUT2D eigenvalue weighted by Gasteiger charge is 2.26. The van der Waals surface area contributed by atoms with Gasteiger partial charge in [-0.25, -0.2) is 14.5 Å². The van der Waals surface area contributed by atoms with E-state index in [4.69, 9.17) is 9.05 Å². The number of carbonyl (C=O) groups is 1. The Hall–Kier alpha value is -4.24. The van der Waals surface area contributed by atoms with Gasteiger partial charge in [0.1, 0.15) is 23.6 Å². The summed E-state index contributed by atoms with van der Waals surface area (Å²) in [4.78, 5) is 39.3. The van der Waals surface area contributed by atoms with E-state index in [2.05, 4.69) is 15.0 Å². The van der Waals surface area contributed by atoms with Gasteiger partial charge in [-0.05, 0) is 57.8 Å². The van der Waals surface area contributed by atoms with E-state index < -0.39 is 14.1 Å². The summed E-state index contributed by atoms with van der Waals surface area (Å²) in [6.45, 7) is 3.86. The van der Waals surface area contributed by atoms with Crippen LogP contribution in [0.15, 0.2) is 67.4 Å². The van der Waals surface area contributed by atoms with E-state index >= 15 is 0 Å². The maximum atomic E-state index is 12.7. The van der Waals surface area contributed by atoms with Gasteiger partial charge in [0.05, 0.1) is 18.5 Å². The second kappa shape index (κ2) is 13.2. The van der Waals surface area contributed by atoms with Gasteiger partial charge in [0.25, 0.3) is 0 Å². The zero-order valence-electron chi connectivity index (χ0n) is 24.0. The minimum Gasteiger partial charge on any atom is -0.310 e. The van der Waals surface area contributed by atoms with Crippen molar-refractivity contribution in [3.63, 3.8) is 0 Å². The summed E-state index contributed by atoms with van der Waals surface area (Å²) < 4.78 is 24.2. The Morgan fingerprint density at radius 3 is 2.64 bits per heavy atom. The first kappa shape index (κ1) is 30.7. The minimum atomic E-state index is -4.31. The number of nitriles is 1. The van der Waals surface area contributed by atoms with Gasteiger partial charge in [-0.3, -0.25) is 18.8 Å². The Morgan fingerprint density at radius 2 is 1.93 bits per heavy atom. The molecular weight excluding hydrogens is 557 g/mol. The SMILES string of the molecule is CCOP(=O)(O)OC(C)n1cc(-c2ccnc(C#N)c2)c2cc(-c3cncc(N(C)C(=O)C=CCN(C)C)c3)cnc21. The van der Waals surface area contributed by atoms with Gasteiger partial charge >= 0.3 is 7.82 Å². The van der Waals surface area contributed by atoms with Crippen LogP contribution in [0.25, 0.3) is 33.3 Å². The summed E-state index contributed by atoms with van der Waals surface area (Å²) in [6.07, 6.45) is 10.6. The second-order valence-corrected chi connectivity index (χ2v) is 11.1. The van der Waals surface area contributed by atoms with E-state index in [9.17, 15) is 19.5 Å². The average molecular weight is 590 g/mol. The normalized spacial score (nSPS) is 13.8. The summed E-state index contributed by atoms with van der Waals surface area (Å²) in [7, 11) is 1.22. The fourth-order valence-corrected chi connectivity index (χ4v) is 5.14. The highest BCUT2D eigenvalue weighted by molar-refractivity contribution is 7.47. The van der Waals surface area contributed by atoms with Crippen molar-refractivity contribution >= 4 is 30.5 Å². The Bertz CT molecular complexity index is 1710. The summed E-state index contributed by atoms with van der Waals surface area (Å²) >= 11 is 0. The number of aromatic nitrogens is 4. The molecule has 0 aliphatic heterocycles. The largest absolute Gasteiger partial charge is 0.474 e. The number of phosphoric ester groups is 1. The average Bonchev–Trinajstić information content (AvgIpc) is 3.35. The van der Waals surface area contributed by atoms with Crippen LogP contribution in [0.1, 0.15) is 25.8 Å². The van der Waals surface area contributed by atoms with Crippen LogP contribution in [0.3, 0.4) is 0 Å². The number of fused-ring (bicyclic) bond motifs is 1. The van der Waals surface area contributed by atoms with Crippen LogP contribution in [0, 0.1) is 11.3 Å². The zero-order chi connectivity index (χ0) is 30.4. The van der Waals surface area contributed by atoms with Crippen molar-refractivity contribution in [2.24, 2.45) is 0 Å². The van der Waals surface area contributed by atoms with E-state index in [0.29, 0.717) is 34.4 Å². The Labute approximate surface area is 244 Å². The van der Waals surface area contributed by atoms with Gasteiger partial charge in [0.2, 0.25) is 5.91 Å². The molecule has 0 spiro atoms. The van der Waals surface area contributed by atoms with Gasteiger partial charge in [0.15, 0.2) is 0 Å². The zero-order valence-corrected chi connectivity index (χ0v) is 24.9. The van der Waals surface area contributed by atoms with Crippen molar-refractivity contribution in [3.05, 3.63) is 73.1 Å². The van der Waals surface area contributed by atoms with E-state index in [1.54, 1.807) is 74.7 Å². The van der Waals surface area contributed by atoms with Gasteiger partial charge in [-0.15, -0.1) is 0 Å². The number of hydrogen-bond acceptors (Lipinski definition) is 9. The van der Waals surface area contributed by atoms with Gasteiger partial charge < -0.3 is 19.3 Å². The molecule has 2 atom stereocenters. The van der Waals surface area contributed by atoms with Crippen LogP contribution in [-0.2, 0) is 18.4 Å². The lowest BCUT2D eigenvalue weighted by atomic mass is 10.0. The van der Waals surface area contributed by atoms with E-state index in [0.717, 1.165) is 11.1 Å². The van der Waals surface area contributed by atoms with Crippen LogP contribution in [0.5, 0.6) is 0 Å². The van der Waals surface area contributed by atoms with Crippen LogP contribution in [-0.4, -0.2) is 69.5 Å². The maximum Gasteiger partial charge on any atom is 0.474 e. The van der Waals surface area contributed by atoms with Crippen LogP contribution in [0.2, 0.25) is 0 Å². The fraction of sp³-hybridized carbons (Fsp3) is 0.276. The third-order valence-electron chi connectivity index (χ3n) is 6.33. The number of pyridine rings is 3. The van der Waals surface area contributed by atoms with Gasteiger partial charge in [0, 0.05) is 66.5 Å². The van der Waals surface area contributed by atoms with Crippen LogP contribution < -0.4 is 4.90 Å². The van der Waals surface area contributed by atoms with Crippen LogP contribution >= 0.6 is 7.82 Å². The molecule has 1 amide bonds. The molecule has 1 N–H and O–H groups in total. The quantitative estimate of drug-likeness (QED) is 0.191. The number of nitrogens with zero attached hydrogens (tertiary/aromatic N) is 7. The van der Waals surface area contributed by atoms with Crippen molar-refractivity contribution in [1.82, 2.24) is 24.4 Å². The summed E-state index contributed by atoms with van der Waals surface area (Å²) in [5, 5.41) is 10.1. The smallest absolute Gasteiger partial charge is 0.310 e. The predicted octanol–water partition coefficient (Wildman–Crippen LogP) is 4.78. The molecule has 13 heteroatoms. The fourth-order valence-electron chi connectivity index (χ4n) is 4.27. The molecule has 4 aromatic rings. The Morgan fingerprint density at radius 1 is 1.17 bits per heavy atom. The minimum absolute atomic E-state index is 0.00793. The Kier molecular flexibility index (Phi) is 9.63. The van der Waals surface area contributed by atoms with E-state index in [-0.39, 0.29) is 18.2 Å². The lowest BCUT2D eigenvalue weighted by molar-refractivity contribution is -0.113. The molecule has 4 rings (SSSR count). The molecule has 0 aliphatic rings. The molecular formula is C29H32N7O5P. The first-order valence-corrected chi connectivity index (χ1v) is 14.6. The molecule has 0 radical (unpaired) electrons. The number of rotatable bonds is 11. The molecule has 42 heavy (non-hydrogen) atoms. The summed E-state index contributed by atoms with van der Waals surface area (Å²) in [6, 6.07) is 9.23. The lowest BCUT2D eigenvalue weighted by Gasteiger charge is -2.19. The molecule has 0 saturated carbocycles. The number of likely N-dealkylation sites (N-methyl/N-ethyl adjacent to an activating group) is 2. The summed E-state index contributed by atoms with van der Waals surface area (Å²) in [5.41, 5.74) is 4.19. The van der Waals surface area contributed by atoms with E-state index in [1.807, 2.05) is 37.2 Å². The molecule has 12 nitrogen and oxygen atoms in total. The van der Waals surface area contributed by atoms with Crippen molar-refractivity contribution in [2.75, 3.05) is 39.2 Å². The van der Waals surface area contributed by atoms with Crippen molar-refractivity contribution in [1.29, 1.82) is 5.26 Å². The number of anilines is 1. The van der Waals surface area contributed by atoms with Crippen molar-refractivity contribution in [3.8, 4) is 28.3 Å². The number of phosphoric acid groups is 1. The molecule has 4 aromatic heterocycles. The van der Waals surface area contributed by atoms with Gasteiger partial charge in [-0.2, -0.15) is 5.26 Å². The highest BCUT2D eigenvalue weighted by Crippen LogP contribution is 2.47. The lowest BCUT2D eigenvalue weighted by Crippen LogP contribution is -2.24. The standard InChI is InChI=1S/C29H32N7O5P/c1-6-40-42(38,39)41-20(2)36-19-27(21-9-10-32-24(12-21)15-30)26-14-23(17-33-29(26)36)22-13-25(18-31-16-22)35(5)28(37)8-7-11-34(3)4/h7-10,12-14,16-20H,6,11H2,1-5H3,(H,38,39). The first-order valence-electron chi connectivity index (χ1n) is 13.1. The number of carbonyl (C=O) groups excluding carboxylic acids is 1. The third-order valence-corrected chi connectivity index (χ3v) is 7.49. The molecule has 4 heterocycles. The molecule has 2 unspecified atom stereocenters. The summed E-state index contributed by atoms with van der Waals surface area (Å²) in [5.74, 6) is -0.183. The number of amides is 1. The number of hydrogen-bond donors (Lipinski definition) is 1. The van der Waals surface area contributed by atoms with Gasteiger partial charge in [-0.1, -0.05) is 6.08 Å². The molecule has 0 saturated heterocycles. The molecule has 0 aliphatic carbocycles. The molecule has 0 fully saturated rings. The molecule has 0 bridgehead atoms.